The van der Waals surface area contributed by atoms with E-state index in [0.29, 0.717) is 22.8 Å². The SMILES string of the molecule is CCOC(=O)C1=C(CSc2ccc3ccccc3n2)NC(=O)NC1c1ccc(OC)cc1. The Morgan fingerprint density at radius 1 is 1.09 bits per heavy atom. The summed E-state index contributed by atoms with van der Waals surface area (Å²) in [5, 5.41) is 7.48. The molecule has 164 valence electrons. The van der Waals surface area contributed by atoms with Crippen molar-refractivity contribution in [1.82, 2.24) is 15.6 Å². The topological polar surface area (TPSA) is 89.5 Å². The Morgan fingerprint density at radius 3 is 2.62 bits per heavy atom. The lowest BCUT2D eigenvalue weighted by Crippen LogP contribution is -2.46. The van der Waals surface area contributed by atoms with Crippen molar-refractivity contribution < 1.29 is 19.1 Å². The molecule has 0 radical (unpaired) electrons. The summed E-state index contributed by atoms with van der Waals surface area (Å²) in [5.74, 6) is 0.580. The van der Waals surface area contributed by atoms with Crippen molar-refractivity contribution >= 4 is 34.7 Å². The summed E-state index contributed by atoms with van der Waals surface area (Å²) in [4.78, 5) is 30.0. The number of esters is 1. The molecular weight excluding hydrogens is 426 g/mol. The number of thioether (sulfide) groups is 1. The van der Waals surface area contributed by atoms with Crippen LogP contribution < -0.4 is 15.4 Å². The second-order valence-corrected chi connectivity index (χ2v) is 8.04. The van der Waals surface area contributed by atoms with Gasteiger partial charge in [-0.2, -0.15) is 0 Å². The third kappa shape index (κ3) is 4.70. The van der Waals surface area contributed by atoms with Gasteiger partial charge < -0.3 is 20.1 Å². The molecule has 32 heavy (non-hydrogen) atoms. The molecule has 1 atom stereocenters. The van der Waals surface area contributed by atoms with E-state index in [1.54, 1.807) is 26.2 Å². The molecule has 0 saturated carbocycles. The number of amides is 2. The molecule has 3 aromatic rings. The lowest BCUT2D eigenvalue weighted by atomic mass is 9.95. The number of carbonyl (C=O) groups is 2. The zero-order valence-corrected chi connectivity index (χ0v) is 18.6. The number of benzene rings is 2. The summed E-state index contributed by atoms with van der Waals surface area (Å²) in [6, 6.07) is 18.0. The number of methoxy groups -OCH3 is 1. The fourth-order valence-electron chi connectivity index (χ4n) is 3.50. The number of nitrogens with zero attached hydrogens (tertiary/aromatic N) is 1. The van der Waals surface area contributed by atoms with E-state index in [0.717, 1.165) is 21.5 Å². The number of nitrogens with one attached hydrogen (secondary N) is 2. The fourth-order valence-corrected chi connectivity index (χ4v) is 4.35. The van der Waals surface area contributed by atoms with Crippen LogP contribution in [0.25, 0.3) is 10.9 Å². The molecule has 8 heteroatoms. The largest absolute Gasteiger partial charge is 0.497 e. The van der Waals surface area contributed by atoms with Gasteiger partial charge in [-0.1, -0.05) is 36.4 Å². The van der Waals surface area contributed by atoms with Gasteiger partial charge in [-0.3, -0.25) is 0 Å². The number of aromatic nitrogens is 1. The van der Waals surface area contributed by atoms with E-state index in [1.165, 1.54) is 11.8 Å². The summed E-state index contributed by atoms with van der Waals surface area (Å²) in [7, 11) is 1.58. The number of hydrogen-bond donors (Lipinski definition) is 2. The number of fused-ring (bicyclic) bond motifs is 1. The molecule has 7 nitrogen and oxygen atoms in total. The second-order valence-electron chi connectivity index (χ2n) is 7.05. The molecule has 2 heterocycles. The molecule has 0 bridgehead atoms. The van der Waals surface area contributed by atoms with E-state index in [4.69, 9.17) is 9.47 Å². The molecule has 0 saturated heterocycles. The van der Waals surface area contributed by atoms with E-state index < -0.39 is 12.0 Å². The molecule has 0 aliphatic carbocycles. The lowest BCUT2D eigenvalue weighted by molar-refractivity contribution is -0.139. The monoisotopic (exact) mass is 449 g/mol. The molecule has 1 aromatic heterocycles. The van der Waals surface area contributed by atoms with Crippen molar-refractivity contribution in [2.24, 2.45) is 0 Å². The first kappa shape index (κ1) is 21.7. The first-order valence-electron chi connectivity index (χ1n) is 10.2. The number of urea groups is 1. The van der Waals surface area contributed by atoms with Gasteiger partial charge in [0.05, 0.1) is 35.9 Å². The zero-order chi connectivity index (χ0) is 22.5. The van der Waals surface area contributed by atoms with Crippen molar-refractivity contribution in [1.29, 1.82) is 0 Å². The minimum atomic E-state index is -0.631. The van der Waals surface area contributed by atoms with E-state index in [9.17, 15) is 9.59 Å². The Bertz CT molecular complexity index is 1180. The number of para-hydroxylation sites is 1. The van der Waals surface area contributed by atoms with Crippen LogP contribution in [0.3, 0.4) is 0 Å². The third-order valence-corrected chi connectivity index (χ3v) is 5.99. The first-order chi connectivity index (χ1) is 15.6. The highest BCUT2D eigenvalue weighted by Crippen LogP contribution is 2.31. The van der Waals surface area contributed by atoms with Crippen LogP contribution in [0.15, 0.2) is 77.0 Å². The summed E-state index contributed by atoms with van der Waals surface area (Å²) >= 11 is 1.45. The average Bonchev–Trinajstić information content (AvgIpc) is 2.82. The van der Waals surface area contributed by atoms with Crippen LogP contribution in [-0.2, 0) is 9.53 Å². The Labute approximate surface area is 190 Å². The van der Waals surface area contributed by atoms with Crippen molar-refractivity contribution in [3.63, 3.8) is 0 Å². The molecule has 1 aliphatic rings. The Morgan fingerprint density at radius 2 is 1.88 bits per heavy atom. The number of hydrogen-bond acceptors (Lipinski definition) is 6. The van der Waals surface area contributed by atoms with Gasteiger partial charge >= 0.3 is 12.0 Å². The lowest BCUT2D eigenvalue weighted by Gasteiger charge is -2.29. The van der Waals surface area contributed by atoms with E-state index in [2.05, 4.69) is 15.6 Å². The van der Waals surface area contributed by atoms with Crippen molar-refractivity contribution in [2.45, 2.75) is 18.0 Å². The minimum Gasteiger partial charge on any atom is -0.497 e. The van der Waals surface area contributed by atoms with Crippen LogP contribution in [0.2, 0.25) is 0 Å². The standard InChI is InChI=1S/C24H23N3O4S/c1-3-31-23(28)21-19(14-32-20-13-10-15-6-4-5-7-18(15)25-20)26-24(29)27-22(21)16-8-11-17(30-2)12-9-16/h4-13,22H,3,14H2,1-2H3,(H2,26,27,29). The van der Waals surface area contributed by atoms with Crippen LogP contribution in [0, 0.1) is 0 Å². The quantitative estimate of drug-likeness (QED) is 0.415. The molecule has 1 aliphatic heterocycles. The van der Waals surface area contributed by atoms with Gasteiger partial charge in [0.2, 0.25) is 0 Å². The molecule has 2 amide bonds. The van der Waals surface area contributed by atoms with E-state index >= 15 is 0 Å². The van der Waals surface area contributed by atoms with Crippen molar-refractivity contribution in [3.05, 3.63) is 77.5 Å². The first-order valence-corrected chi connectivity index (χ1v) is 11.2. The predicted molar refractivity (Wildman–Crippen MR) is 124 cm³/mol. The van der Waals surface area contributed by atoms with Gasteiger partial charge in [-0.15, -0.1) is 11.8 Å². The van der Waals surface area contributed by atoms with E-state index in [-0.39, 0.29) is 12.6 Å². The molecule has 2 N–H and O–H groups in total. The summed E-state index contributed by atoms with van der Waals surface area (Å²) in [5.41, 5.74) is 2.54. The highest BCUT2D eigenvalue weighted by molar-refractivity contribution is 7.99. The molecule has 0 spiro atoms. The molecule has 4 rings (SSSR count). The predicted octanol–water partition coefficient (Wildman–Crippen LogP) is 4.21. The van der Waals surface area contributed by atoms with Crippen LogP contribution in [0.5, 0.6) is 5.75 Å². The molecule has 2 aromatic carbocycles. The molecule has 0 fully saturated rings. The smallest absolute Gasteiger partial charge is 0.338 e. The average molecular weight is 450 g/mol. The minimum absolute atomic E-state index is 0.234. The summed E-state index contributed by atoms with van der Waals surface area (Å²) in [6.07, 6.45) is 0. The Kier molecular flexibility index (Phi) is 6.61. The van der Waals surface area contributed by atoms with Gasteiger partial charge in [-0.05, 0) is 36.8 Å². The Balaban J connectivity index is 1.66. The third-order valence-electron chi connectivity index (χ3n) is 5.04. The van der Waals surface area contributed by atoms with Gasteiger partial charge in [-0.25, -0.2) is 14.6 Å². The van der Waals surface area contributed by atoms with Gasteiger partial charge in [0.1, 0.15) is 5.75 Å². The van der Waals surface area contributed by atoms with Gasteiger partial charge in [0, 0.05) is 16.8 Å². The highest BCUT2D eigenvalue weighted by Gasteiger charge is 2.33. The number of pyridine rings is 1. The molecular formula is C24H23N3O4S. The highest BCUT2D eigenvalue weighted by atomic mass is 32.2. The maximum Gasteiger partial charge on any atom is 0.338 e. The number of ether oxygens (including phenoxy) is 2. The Hall–Kier alpha value is -3.52. The second kappa shape index (κ2) is 9.74. The number of carbonyl (C=O) groups excluding carboxylic acids is 2. The fraction of sp³-hybridized carbons (Fsp3) is 0.208. The molecule has 1 unspecified atom stereocenters. The van der Waals surface area contributed by atoms with Crippen LogP contribution >= 0.6 is 11.8 Å². The van der Waals surface area contributed by atoms with Gasteiger partial charge in [0.15, 0.2) is 0 Å². The maximum absolute atomic E-state index is 12.9. The van der Waals surface area contributed by atoms with E-state index in [1.807, 2.05) is 48.5 Å². The van der Waals surface area contributed by atoms with Crippen LogP contribution in [0.1, 0.15) is 18.5 Å². The number of rotatable bonds is 7. The van der Waals surface area contributed by atoms with Crippen LogP contribution in [0.4, 0.5) is 4.79 Å². The van der Waals surface area contributed by atoms with Crippen LogP contribution in [-0.4, -0.2) is 36.5 Å². The zero-order valence-electron chi connectivity index (χ0n) is 17.8. The van der Waals surface area contributed by atoms with Gasteiger partial charge in [0.25, 0.3) is 0 Å². The maximum atomic E-state index is 12.9. The van der Waals surface area contributed by atoms with Crippen molar-refractivity contribution in [3.8, 4) is 5.75 Å². The van der Waals surface area contributed by atoms with Crippen molar-refractivity contribution in [2.75, 3.05) is 19.5 Å². The summed E-state index contributed by atoms with van der Waals surface area (Å²) < 4.78 is 10.5. The summed E-state index contributed by atoms with van der Waals surface area (Å²) in [6.45, 7) is 1.99. The normalized spacial score (nSPS) is 15.8.